The highest BCUT2D eigenvalue weighted by Crippen LogP contribution is 2.20. The monoisotopic (exact) mass is 271 g/mol. The molecule has 17 heavy (non-hydrogen) atoms. The van der Waals surface area contributed by atoms with Crippen molar-refractivity contribution in [1.82, 2.24) is 4.98 Å². The van der Waals surface area contributed by atoms with Gasteiger partial charge in [0, 0.05) is 11.8 Å². The molecule has 5 heteroatoms. The van der Waals surface area contributed by atoms with Gasteiger partial charge in [0.25, 0.3) is 0 Å². The summed E-state index contributed by atoms with van der Waals surface area (Å²) in [6.07, 6.45) is 1.55. The van der Waals surface area contributed by atoms with E-state index in [-0.39, 0.29) is 12.4 Å². The first-order valence-electron chi connectivity index (χ1n) is 4.83. The van der Waals surface area contributed by atoms with Crippen LogP contribution in [0.1, 0.15) is 5.56 Å². The summed E-state index contributed by atoms with van der Waals surface area (Å²) >= 11 is 11.6. The molecule has 1 aromatic heterocycles. The zero-order chi connectivity index (χ0) is 12.3. The fourth-order valence-corrected chi connectivity index (χ4v) is 1.65. The Morgan fingerprint density at radius 2 is 1.88 bits per heavy atom. The van der Waals surface area contributed by atoms with Crippen molar-refractivity contribution in [3.63, 3.8) is 0 Å². The SMILES string of the molecule is Fc1ccc(OCc2cnc(Cl)cc2Cl)cc1. The molecule has 0 aliphatic heterocycles. The fourth-order valence-electron chi connectivity index (χ4n) is 1.23. The molecule has 0 fully saturated rings. The van der Waals surface area contributed by atoms with Gasteiger partial charge < -0.3 is 4.74 Å². The first-order chi connectivity index (χ1) is 8.15. The Kier molecular flexibility index (Phi) is 3.82. The largest absolute Gasteiger partial charge is 0.489 e. The molecule has 1 heterocycles. The fraction of sp³-hybridized carbons (Fsp3) is 0.0833. The summed E-state index contributed by atoms with van der Waals surface area (Å²) in [6, 6.07) is 7.31. The Bertz CT molecular complexity index is 516. The molecular formula is C12H8Cl2FNO. The second-order valence-corrected chi connectivity index (χ2v) is 4.14. The molecule has 0 amide bonds. The first-order valence-corrected chi connectivity index (χ1v) is 5.59. The molecule has 0 aliphatic carbocycles. The molecule has 0 aliphatic rings. The molecule has 0 radical (unpaired) electrons. The molecule has 0 saturated heterocycles. The summed E-state index contributed by atoms with van der Waals surface area (Å²) in [7, 11) is 0. The summed E-state index contributed by atoms with van der Waals surface area (Å²) in [4.78, 5) is 3.91. The highest BCUT2D eigenvalue weighted by atomic mass is 35.5. The van der Waals surface area contributed by atoms with Crippen LogP contribution in [-0.2, 0) is 6.61 Å². The van der Waals surface area contributed by atoms with Crippen molar-refractivity contribution in [2.24, 2.45) is 0 Å². The molecule has 2 rings (SSSR count). The standard InChI is InChI=1S/C12H8Cl2FNO/c13-11-5-12(14)16-6-8(11)7-17-10-3-1-9(15)2-4-10/h1-6H,7H2. The molecule has 0 unspecified atom stereocenters. The molecule has 1 aromatic carbocycles. The van der Waals surface area contributed by atoms with Crippen molar-refractivity contribution in [2.45, 2.75) is 6.61 Å². The van der Waals surface area contributed by atoms with Crippen LogP contribution in [0.5, 0.6) is 5.75 Å². The maximum Gasteiger partial charge on any atom is 0.130 e. The molecular weight excluding hydrogens is 264 g/mol. The number of nitrogens with zero attached hydrogens (tertiary/aromatic N) is 1. The number of hydrogen-bond donors (Lipinski definition) is 0. The molecule has 0 atom stereocenters. The number of halogens is 3. The second-order valence-electron chi connectivity index (χ2n) is 3.34. The van der Waals surface area contributed by atoms with Gasteiger partial charge in [-0.2, -0.15) is 0 Å². The lowest BCUT2D eigenvalue weighted by Gasteiger charge is -2.07. The average Bonchev–Trinajstić information content (AvgIpc) is 2.30. The number of ether oxygens (including phenoxy) is 1. The number of hydrogen-bond acceptors (Lipinski definition) is 2. The van der Waals surface area contributed by atoms with Gasteiger partial charge in [-0.3, -0.25) is 0 Å². The summed E-state index contributed by atoms with van der Waals surface area (Å²) < 4.78 is 18.1. The molecule has 2 aromatic rings. The van der Waals surface area contributed by atoms with Crippen LogP contribution < -0.4 is 4.74 Å². The summed E-state index contributed by atoms with van der Waals surface area (Å²) in [5.74, 6) is 0.265. The van der Waals surface area contributed by atoms with Gasteiger partial charge in [0.2, 0.25) is 0 Å². The van der Waals surface area contributed by atoms with Crippen LogP contribution in [0.25, 0.3) is 0 Å². The third-order valence-corrected chi connectivity index (χ3v) is 2.66. The van der Waals surface area contributed by atoms with Gasteiger partial charge in [-0.05, 0) is 30.3 Å². The zero-order valence-electron chi connectivity index (χ0n) is 8.66. The van der Waals surface area contributed by atoms with E-state index in [9.17, 15) is 4.39 Å². The van der Waals surface area contributed by atoms with Gasteiger partial charge in [0.1, 0.15) is 23.3 Å². The van der Waals surface area contributed by atoms with Gasteiger partial charge in [-0.25, -0.2) is 9.37 Å². The molecule has 0 N–H and O–H groups in total. The van der Waals surface area contributed by atoms with E-state index in [1.54, 1.807) is 24.4 Å². The van der Waals surface area contributed by atoms with E-state index in [4.69, 9.17) is 27.9 Å². The normalized spacial score (nSPS) is 10.3. The summed E-state index contributed by atoms with van der Waals surface area (Å²) in [5.41, 5.74) is 0.723. The highest BCUT2D eigenvalue weighted by Gasteiger charge is 2.03. The van der Waals surface area contributed by atoms with E-state index in [0.29, 0.717) is 15.9 Å². The third kappa shape index (κ3) is 3.32. The topological polar surface area (TPSA) is 22.1 Å². The van der Waals surface area contributed by atoms with Gasteiger partial charge in [-0.1, -0.05) is 23.2 Å². The van der Waals surface area contributed by atoms with Crippen molar-refractivity contribution >= 4 is 23.2 Å². The molecule has 0 bridgehead atoms. The van der Waals surface area contributed by atoms with Crippen molar-refractivity contribution in [3.8, 4) is 5.75 Å². The Labute approximate surface area is 108 Å². The highest BCUT2D eigenvalue weighted by molar-refractivity contribution is 6.34. The quantitative estimate of drug-likeness (QED) is 0.784. The smallest absolute Gasteiger partial charge is 0.130 e. The third-order valence-electron chi connectivity index (χ3n) is 2.10. The van der Waals surface area contributed by atoms with Crippen LogP contribution in [0.4, 0.5) is 4.39 Å². The summed E-state index contributed by atoms with van der Waals surface area (Å²) in [5, 5.41) is 0.827. The average molecular weight is 272 g/mol. The van der Waals surface area contributed by atoms with E-state index in [1.807, 2.05) is 0 Å². The van der Waals surface area contributed by atoms with Gasteiger partial charge in [0.15, 0.2) is 0 Å². The van der Waals surface area contributed by atoms with E-state index < -0.39 is 0 Å². The second kappa shape index (κ2) is 5.34. The Balaban J connectivity index is 2.04. The Hall–Kier alpha value is -1.32. The number of aromatic nitrogens is 1. The van der Waals surface area contributed by atoms with Gasteiger partial charge >= 0.3 is 0 Å². The maximum atomic E-state index is 12.7. The number of pyridine rings is 1. The molecule has 2 nitrogen and oxygen atoms in total. The molecule has 0 spiro atoms. The molecule has 88 valence electrons. The number of rotatable bonds is 3. The van der Waals surface area contributed by atoms with Crippen molar-refractivity contribution in [2.75, 3.05) is 0 Å². The first kappa shape index (κ1) is 12.1. The predicted octanol–water partition coefficient (Wildman–Crippen LogP) is 4.11. The lowest BCUT2D eigenvalue weighted by atomic mass is 10.3. The van der Waals surface area contributed by atoms with Crippen LogP contribution in [0, 0.1) is 5.82 Å². The van der Waals surface area contributed by atoms with Gasteiger partial charge in [0.05, 0.1) is 5.02 Å². The maximum absolute atomic E-state index is 12.7. The van der Waals surface area contributed by atoms with Gasteiger partial charge in [-0.15, -0.1) is 0 Å². The van der Waals surface area contributed by atoms with E-state index in [0.717, 1.165) is 5.56 Å². The van der Waals surface area contributed by atoms with E-state index >= 15 is 0 Å². The van der Waals surface area contributed by atoms with E-state index in [2.05, 4.69) is 4.98 Å². The van der Waals surface area contributed by atoms with Crippen LogP contribution in [0.15, 0.2) is 36.5 Å². The lowest BCUT2D eigenvalue weighted by molar-refractivity contribution is 0.305. The van der Waals surface area contributed by atoms with Crippen molar-refractivity contribution < 1.29 is 9.13 Å². The van der Waals surface area contributed by atoms with Crippen molar-refractivity contribution in [1.29, 1.82) is 0 Å². The lowest BCUT2D eigenvalue weighted by Crippen LogP contribution is -1.97. The van der Waals surface area contributed by atoms with Crippen molar-refractivity contribution in [3.05, 3.63) is 58.1 Å². The Morgan fingerprint density at radius 1 is 1.18 bits per heavy atom. The number of benzene rings is 1. The van der Waals surface area contributed by atoms with Crippen LogP contribution in [0.3, 0.4) is 0 Å². The van der Waals surface area contributed by atoms with E-state index in [1.165, 1.54) is 12.1 Å². The zero-order valence-corrected chi connectivity index (χ0v) is 10.2. The van der Waals surface area contributed by atoms with Crippen LogP contribution >= 0.6 is 23.2 Å². The summed E-state index contributed by atoms with van der Waals surface area (Å²) in [6.45, 7) is 0.259. The van der Waals surface area contributed by atoms with Crippen LogP contribution in [-0.4, -0.2) is 4.98 Å². The minimum atomic E-state index is -0.302. The minimum absolute atomic E-state index is 0.259. The Morgan fingerprint density at radius 3 is 2.53 bits per heavy atom. The molecule has 0 saturated carbocycles. The van der Waals surface area contributed by atoms with Crippen LogP contribution in [0.2, 0.25) is 10.2 Å². The predicted molar refractivity (Wildman–Crippen MR) is 65.0 cm³/mol. The minimum Gasteiger partial charge on any atom is -0.489 e.